The molecule has 2 heterocycles. The molecule has 0 radical (unpaired) electrons. The highest BCUT2D eigenvalue weighted by Gasteiger charge is 2.24. The molecule has 0 unspecified atom stereocenters. The van der Waals surface area contributed by atoms with Gasteiger partial charge in [0.2, 0.25) is 0 Å². The van der Waals surface area contributed by atoms with E-state index in [0.717, 1.165) is 5.56 Å². The lowest BCUT2D eigenvalue weighted by molar-refractivity contribution is 0.0527. The standard InChI is InChI=1S/C13H16N2O2S/c1-13(17,10-5-7-18-8-10)9-14-12(16)11-4-3-6-15(11)2/h3-8,17H,9H2,1-2H3,(H,14,16)/t13-/m1/s1. The average molecular weight is 264 g/mol. The smallest absolute Gasteiger partial charge is 0.268 e. The van der Waals surface area contributed by atoms with Gasteiger partial charge >= 0.3 is 0 Å². The van der Waals surface area contributed by atoms with E-state index in [-0.39, 0.29) is 12.5 Å². The lowest BCUT2D eigenvalue weighted by Crippen LogP contribution is -2.38. The van der Waals surface area contributed by atoms with E-state index >= 15 is 0 Å². The SMILES string of the molecule is Cn1cccc1C(=O)NC[C@@](C)(O)c1ccsc1. The third-order valence-electron chi connectivity index (χ3n) is 2.91. The number of carbonyl (C=O) groups is 1. The Balaban J connectivity index is 2.00. The molecular weight excluding hydrogens is 248 g/mol. The maximum absolute atomic E-state index is 11.9. The fourth-order valence-corrected chi connectivity index (χ4v) is 2.50. The molecule has 0 bridgehead atoms. The zero-order valence-electron chi connectivity index (χ0n) is 10.4. The Morgan fingerprint density at radius 2 is 2.33 bits per heavy atom. The van der Waals surface area contributed by atoms with E-state index in [0.29, 0.717) is 5.69 Å². The highest BCUT2D eigenvalue weighted by atomic mass is 32.1. The number of hydrogen-bond donors (Lipinski definition) is 2. The summed E-state index contributed by atoms with van der Waals surface area (Å²) in [7, 11) is 1.81. The molecule has 96 valence electrons. The van der Waals surface area contributed by atoms with Gasteiger partial charge in [-0.15, -0.1) is 0 Å². The van der Waals surface area contributed by atoms with Gasteiger partial charge < -0.3 is 15.0 Å². The van der Waals surface area contributed by atoms with Gasteiger partial charge in [0, 0.05) is 13.2 Å². The van der Waals surface area contributed by atoms with Crippen molar-refractivity contribution < 1.29 is 9.90 Å². The lowest BCUT2D eigenvalue weighted by atomic mass is 9.99. The first kappa shape index (κ1) is 12.9. The minimum atomic E-state index is -1.04. The van der Waals surface area contributed by atoms with Gasteiger partial charge in [0.05, 0.1) is 6.54 Å². The molecule has 1 amide bonds. The van der Waals surface area contributed by atoms with Gasteiger partial charge in [0.25, 0.3) is 5.91 Å². The summed E-state index contributed by atoms with van der Waals surface area (Å²) in [5.41, 5.74) is 0.358. The summed E-state index contributed by atoms with van der Waals surface area (Å²) in [5, 5.41) is 16.8. The maximum Gasteiger partial charge on any atom is 0.268 e. The number of aromatic nitrogens is 1. The summed E-state index contributed by atoms with van der Waals surface area (Å²) in [4.78, 5) is 11.9. The predicted molar refractivity (Wildman–Crippen MR) is 71.6 cm³/mol. The molecule has 2 aromatic heterocycles. The summed E-state index contributed by atoms with van der Waals surface area (Å²) in [6, 6.07) is 5.42. The number of rotatable bonds is 4. The van der Waals surface area contributed by atoms with E-state index in [1.54, 1.807) is 17.6 Å². The van der Waals surface area contributed by atoms with Crippen molar-refractivity contribution in [3.05, 3.63) is 46.4 Å². The normalized spacial score (nSPS) is 14.2. The van der Waals surface area contributed by atoms with Crippen LogP contribution in [0, 0.1) is 0 Å². The van der Waals surface area contributed by atoms with Crippen molar-refractivity contribution in [1.29, 1.82) is 0 Å². The molecule has 0 aliphatic rings. The minimum absolute atomic E-state index is 0.182. The van der Waals surface area contributed by atoms with Crippen LogP contribution in [0.4, 0.5) is 0 Å². The molecule has 1 atom stereocenters. The number of aryl methyl sites for hydroxylation is 1. The molecular formula is C13H16N2O2S. The molecule has 0 saturated carbocycles. The summed E-state index contributed by atoms with van der Waals surface area (Å²) >= 11 is 1.52. The molecule has 18 heavy (non-hydrogen) atoms. The van der Waals surface area contributed by atoms with Crippen LogP contribution in [0.3, 0.4) is 0 Å². The topological polar surface area (TPSA) is 54.3 Å². The lowest BCUT2D eigenvalue weighted by Gasteiger charge is -2.22. The van der Waals surface area contributed by atoms with E-state index in [2.05, 4.69) is 5.32 Å². The van der Waals surface area contributed by atoms with E-state index in [4.69, 9.17) is 0 Å². The van der Waals surface area contributed by atoms with Gasteiger partial charge in [-0.1, -0.05) is 0 Å². The Kier molecular flexibility index (Phi) is 3.54. The molecule has 0 saturated heterocycles. The third kappa shape index (κ3) is 2.63. The van der Waals surface area contributed by atoms with Crippen LogP contribution in [-0.4, -0.2) is 22.1 Å². The Morgan fingerprint density at radius 3 is 2.89 bits per heavy atom. The van der Waals surface area contributed by atoms with E-state index in [1.807, 2.05) is 36.1 Å². The number of thiophene rings is 1. The van der Waals surface area contributed by atoms with Crippen LogP contribution in [0.1, 0.15) is 23.0 Å². The van der Waals surface area contributed by atoms with Crippen molar-refractivity contribution in [2.45, 2.75) is 12.5 Å². The maximum atomic E-state index is 11.9. The van der Waals surface area contributed by atoms with Crippen LogP contribution in [0.25, 0.3) is 0 Å². The summed E-state index contributed by atoms with van der Waals surface area (Å²) in [6.07, 6.45) is 1.81. The van der Waals surface area contributed by atoms with Crippen molar-refractivity contribution in [1.82, 2.24) is 9.88 Å². The number of aliphatic hydroxyl groups is 1. The molecule has 0 aromatic carbocycles. The Labute approximate surface area is 110 Å². The molecule has 2 rings (SSSR count). The zero-order chi connectivity index (χ0) is 13.2. The number of nitrogens with zero attached hydrogens (tertiary/aromatic N) is 1. The molecule has 0 fully saturated rings. The van der Waals surface area contributed by atoms with Crippen molar-refractivity contribution in [2.75, 3.05) is 6.54 Å². The average Bonchev–Trinajstić information content (AvgIpc) is 2.96. The zero-order valence-corrected chi connectivity index (χ0v) is 11.2. The van der Waals surface area contributed by atoms with Crippen LogP contribution in [0.5, 0.6) is 0 Å². The van der Waals surface area contributed by atoms with Gasteiger partial charge in [-0.25, -0.2) is 0 Å². The van der Waals surface area contributed by atoms with Gasteiger partial charge in [-0.2, -0.15) is 11.3 Å². The Bertz CT molecular complexity index is 529. The molecule has 4 nitrogen and oxygen atoms in total. The van der Waals surface area contributed by atoms with Crippen LogP contribution in [0.2, 0.25) is 0 Å². The predicted octanol–water partition coefficient (Wildman–Crippen LogP) is 1.72. The number of nitrogens with one attached hydrogen (secondary N) is 1. The van der Waals surface area contributed by atoms with E-state index < -0.39 is 5.60 Å². The van der Waals surface area contributed by atoms with Crippen molar-refractivity contribution in [3.63, 3.8) is 0 Å². The molecule has 0 aliphatic heterocycles. The van der Waals surface area contributed by atoms with E-state index in [1.165, 1.54) is 11.3 Å². The molecule has 5 heteroatoms. The molecule has 0 spiro atoms. The molecule has 0 aliphatic carbocycles. The fourth-order valence-electron chi connectivity index (χ4n) is 1.71. The minimum Gasteiger partial charge on any atom is -0.384 e. The second kappa shape index (κ2) is 4.96. The number of hydrogen-bond acceptors (Lipinski definition) is 3. The highest BCUT2D eigenvalue weighted by Crippen LogP contribution is 2.22. The summed E-state index contributed by atoms with van der Waals surface area (Å²) in [6.45, 7) is 1.88. The first-order valence-electron chi connectivity index (χ1n) is 5.65. The van der Waals surface area contributed by atoms with Crippen molar-refractivity contribution in [2.24, 2.45) is 7.05 Å². The van der Waals surface area contributed by atoms with Crippen LogP contribution < -0.4 is 5.32 Å². The van der Waals surface area contributed by atoms with Crippen molar-refractivity contribution in [3.8, 4) is 0 Å². The first-order valence-corrected chi connectivity index (χ1v) is 6.59. The van der Waals surface area contributed by atoms with E-state index in [9.17, 15) is 9.90 Å². The third-order valence-corrected chi connectivity index (χ3v) is 3.60. The van der Waals surface area contributed by atoms with Gasteiger partial charge in [0.15, 0.2) is 0 Å². The highest BCUT2D eigenvalue weighted by molar-refractivity contribution is 7.08. The number of amides is 1. The monoisotopic (exact) mass is 264 g/mol. The fraction of sp³-hybridized carbons (Fsp3) is 0.308. The Hall–Kier alpha value is -1.59. The molecule has 2 N–H and O–H groups in total. The first-order chi connectivity index (χ1) is 8.50. The van der Waals surface area contributed by atoms with Crippen LogP contribution in [0.15, 0.2) is 35.2 Å². The van der Waals surface area contributed by atoms with Crippen LogP contribution >= 0.6 is 11.3 Å². The second-order valence-corrected chi connectivity index (χ2v) is 5.25. The molecule has 2 aromatic rings. The summed E-state index contributed by atoms with van der Waals surface area (Å²) < 4.78 is 1.74. The van der Waals surface area contributed by atoms with Gasteiger partial charge in [-0.3, -0.25) is 4.79 Å². The van der Waals surface area contributed by atoms with Gasteiger partial charge in [-0.05, 0) is 41.4 Å². The second-order valence-electron chi connectivity index (χ2n) is 4.47. The van der Waals surface area contributed by atoms with Gasteiger partial charge in [0.1, 0.15) is 11.3 Å². The summed E-state index contributed by atoms with van der Waals surface area (Å²) in [5.74, 6) is -0.182. The quantitative estimate of drug-likeness (QED) is 0.883. The number of carbonyl (C=O) groups excluding carboxylic acids is 1. The Morgan fingerprint density at radius 1 is 1.56 bits per heavy atom. The van der Waals surface area contributed by atoms with Crippen molar-refractivity contribution >= 4 is 17.2 Å². The largest absolute Gasteiger partial charge is 0.384 e. The van der Waals surface area contributed by atoms with Crippen LogP contribution in [-0.2, 0) is 12.6 Å².